The summed E-state index contributed by atoms with van der Waals surface area (Å²) in [6.07, 6.45) is 2.15. The molecule has 0 saturated carbocycles. The zero-order valence-corrected chi connectivity index (χ0v) is 11.7. The summed E-state index contributed by atoms with van der Waals surface area (Å²) in [5, 5.41) is 3.87. The van der Waals surface area contributed by atoms with Crippen LogP contribution in [0.25, 0.3) is 0 Å². The monoisotopic (exact) mass is 272 g/mol. The number of anilines is 1. The normalized spacial score (nSPS) is 17.4. The van der Waals surface area contributed by atoms with E-state index in [0.29, 0.717) is 5.92 Å². The van der Waals surface area contributed by atoms with E-state index in [1.165, 1.54) is 5.56 Å². The molecule has 0 bridgehead atoms. The van der Waals surface area contributed by atoms with Crippen molar-refractivity contribution in [1.82, 2.24) is 15.0 Å². The lowest BCUT2D eigenvalue weighted by Crippen LogP contribution is -2.32. The first-order valence-electron chi connectivity index (χ1n) is 7.07. The number of nitrogen functional groups attached to an aromatic ring is 1. The summed E-state index contributed by atoms with van der Waals surface area (Å²) in [7, 11) is 0. The lowest BCUT2D eigenvalue weighted by Gasteiger charge is -2.30. The molecular weight excluding hydrogens is 252 g/mol. The molecule has 5 heteroatoms. The Morgan fingerprint density at radius 3 is 2.80 bits per heavy atom. The Morgan fingerprint density at radius 1 is 1.35 bits per heavy atom. The molecule has 0 spiro atoms. The zero-order valence-electron chi connectivity index (χ0n) is 11.7. The van der Waals surface area contributed by atoms with Gasteiger partial charge in [-0.2, -0.15) is 4.98 Å². The number of hydrogen-bond acceptors (Lipinski definition) is 5. The first-order valence-corrected chi connectivity index (χ1v) is 7.07. The predicted molar refractivity (Wildman–Crippen MR) is 77.1 cm³/mol. The van der Waals surface area contributed by atoms with E-state index in [4.69, 9.17) is 10.3 Å². The molecule has 106 valence electrons. The number of nitrogens with zero attached hydrogens (tertiary/aromatic N) is 3. The van der Waals surface area contributed by atoms with E-state index in [1.54, 1.807) is 0 Å². The Kier molecular flexibility index (Phi) is 3.69. The Balaban J connectivity index is 1.56. The Bertz CT molecular complexity index is 573. The second kappa shape index (κ2) is 5.63. The van der Waals surface area contributed by atoms with Crippen LogP contribution in [-0.4, -0.2) is 28.1 Å². The van der Waals surface area contributed by atoms with Crippen LogP contribution in [0, 0.1) is 6.92 Å². The van der Waals surface area contributed by atoms with Crippen LogP contribution in [0.5, 0.6) is 0 Å². The van der Waals surface area contributed by atoms with Crippen LogP contribution < -0.4 is 5.73 Å². The van der Waals surface area contributed by atoms with Gasteiger partial charge in [0.15, 0.2) is 5.82 Å². The van der Waals surface area contributed by atoms with Crippen LogP contribution >= 0.6 is 0 Å². The fourth-order valence-corrected chi connectivity index (χ4v) is 2.77. The third-order valence-corrected chi connectivity index (χ3v) is 3.84. The van der Waals surface area contributed by atoms with Crippen molar-refractivity contribution in [1.29, 1.82) is 0 Å². The number of aromatic nitrogens is 2. The van der Waals surface area contributed by atoms with Crippen LogP contribution in [0.1, 0.15) is 36.0 Å². The summed E-state index contributed by atoms with van der Waals surface area (Å²) in [5.41, 5.74) is 7.93. The van der Waals surface area contributed by atoms with E-state index in [2.05, 4.69) is 21.1 Å². The van der Waals surface area contributed by atoms with Crippen molar-refractivity contribution in [2.75, 3.05) is 18.8 Å². The van der Waals surface area contributed by atoms with Gasteiger partial charge in [0.1, 0.15) is 0 Å². The molecule has 3 rings (SSSR count). The van der Waals surface area contributed by atoms with Crippen molar-refractivity contribution < 1.29 is 4.52 Å². The molecule has 0 unspecified atom stereocenters. The van der Waals surface area contributed by atoms with Gasteiger partial charge in [-0.1, -0.05) is 17.3 Å². The van der Waals surface area contributed by atoms with E-state index in [-0.39, 0.29) is 0 Å². The van der Waals surface area contributed by atoms with Crippen molar-refractivity contribution in [3.8, 4) is 0 Å². The molecule has 1 saturated heterocycles. The molecule has 0 radical (unpaired) electrons. The molecule has 1 aromatic heterocycles. The van der Waals surface area contributed by atoms with Gasteiger partial charge in [0.05, 0.1) is 0 Å². The van der Waals surface area contributed by atoms with Gasteiger partial charge in [0.2, 0.25) is 5.89 Å². The topological polar surface area (TPSA) is 68.2 Å². The van der Waals surface area contributed by atoms with E-state index in [9.17, 15) is 0 Å². The fraction of sp³-hybridized carbons (Fsp3) is 0.467. The van der Waals surface area contributed by atoms with Crippen LogP contribution in [0.2, 0.25) is 0 Å². The van der Waals surface area contributed by atoms with Gasteiger partial charge in [-0.05, 0) is 50.6 Å². The highest BCUT2D eigenvalue weighted by Crippen LogP contribution is 2.27. The van der Waals surface area contributed by atoms with Crippen molar-refractivity contribution in [2.45, 2.75) is 32.2 Å². The summed E-state index contributed by atoms with van der Waals surface area (Å²) in [6.45, 7) is 4.93. The third-order valence-electron chi connectivity index (χ3n) is 3.84. The smallest absolute Gasteiger partial charge is 0.229 e. The molecule has 20 heavy (non-hydrogen) atoms. The summed E-state index contributed by atoms with van der Waals surface area (Å²) < 4.78 is 5.28. The first kappa shape index (κ1) is 13.1. The van der Waals surface area contributed by atoms with Gasteiger partial charge in [-0.15, -0.1) is 0 Å². The summed E-state index contributed by atoms with van der Waals surface area (Å²) >= 11 is 0. The number of nitrogens with two attached hydrogens (primary N) is 1. The van der Waals surface area contributed by atoms with Crippen molar-refractivity contribution in [3.05, 3.63) is 41.5 Å². The minimum absolute atomic E-state index is 0.410. The van der Waals surface area contributed by atoms with E-state index >= 15 is 0 Å². The number of likely N-dealkylation sites (tertiary alicyclic amines) is 1. The number of aryl methyl sites for hydroxylation is 1. The van der Waals surface area contributed by atoms with Crippen molar-refractivity contribution >= 4 is 5.69 Å². The molecule has 2 heterocycles. The quantitative estimate of drug-likeness (QED) is 0.869. The molecule has 0 aliphatic carbocycles. The van der Waals surface area contributed by atoms with Gasteiger partial charge in [-0.3, -0.25) is 4.90 Å². The lowest BCUT2D eigenvalue weighted by atomic mass is 9.96. The maximum absolute atomic E-state index is 5.82. The average molecular weight is 272 g/mol. The molecule has 1 aromatic carbocycles. The number of hydrogen-bond donors (Lipinski definition) is 1. The maximum Gasteiger partial charge on any atom is 0.229 e. The average Bonchev–Trinajstić information content (AvgIpc) is 2.86. The van der Waals surface area contributed by atoms with Gasteiger partial charge in [-0.25, -0.2) is 0 Å². The van der Waals surface area contributed by atoms with Gasteiger partial charge in [0.25, 0.3) is 0 Å². The summed E-state index contributed by atoms with van der Waals surface area (Å²) in [4.78, 5) is 6.80. The standard InChI is InChI=1S/C15H20N4O/c1-11-17-15(20-18-11)13-5-7-19(8-6-13)10-12-3-2-4-14(16)9-12/h2-4,9,13H,5-8,10,16H2,1H3. The van der Waals surface area contributed by atoms with Gasteiger partial charge >= 0.3 is 0 Å². The second-order valence-corrected chi connectivity index (χ2v) is 5.48. The van der Waals surface area contributed by atoms with E-state index in [1.807, 2.05) is 25.1 Å². The second-order valence-electron chi connectivity index (χ2n) is 5.48. The highest BCUT2D eigenvalue weighted by Gasteiger charge is 2.24. The third kappa shape index (κ3) is 2.99. The van der Waals surface area contributed by atoms with Gasteiger partial charge < -0.3 is 10.3 Å². The molecule has 2 N–H and O–H groups in total. The highest BCUT2D eigenvalue weighted by atomic mass is 16.5. The molecule has 2 aromatic rings. The Morgan fingerprint density at radius 2 is 2.15 bits per heavy atom. The van der Waals surface area contributed by atoms with Crippen LogP contribution in [-0.2, 0) is 6.54 Å². The zero-order chi connectivity index (χ0) is 13.9. The maximum atomic E-state index is 5.82. The molecule has 5 nitrogen and oxygen atoms in total. The number of benzene rings is 1. The highest BCUT2D eigenvalue weighted by molar-refractivity contribution is 5.40. The predicted octanol–water partition coefficient (Wildman–Crippen LogP) is 2.34. The number of rotatable bonds is 3. The van der Waals surface area contributed by atoms with E-state index in [0.717, 1.165) is 49.9 Å². The fourth-order valence-electron chi connectivity index (χ4n) is 2.77. The molecule has 0 amide bonds. The SMILES string of the molecule is Cc1noc(C2CCN(Cc3cccc(N)c3)CC2)n1. The van der Waals surface area contributed by atoms with E-state index < -0.39 is 0 Å². The summed E-state index contributed by atoms with van der Waals surface area (Å²) in [6, 6.07) is 8.11. The van der Waals surface area contributed by atoms with Crippen molar-refractivity contribution in [2.24, 2.45) is 0 Å². The Hall–Kier alpha value is -1.88. The van der Waals surface area contributed by atoms with Gasteiger partial charge in [0, 0.05) is 18.2 Å². The number of piperidine rings is 1. The minimum Gasteiger partial charge on any atom is -0.399 e. The van der Waals surface area contributed by atoms with Crippen LogP contribution in [0.15, 0.2) is 28.8 Å². The Labute approximate surface area is 118 Å². The first-order chi connectivity index (χ1) is 9.70. The van der Waals surface area contributed by atoms with Crippen LogP contribution in [0.4, 0.5) is 5.69 Å². The molecule has 1 fully saturated rings. The lowest BCUT2D eigenvalue weighted by molar-refractivity contribution is 0.187. The van der Waals surface area contributed by atoms with Crippen molar-refractivity contribution in [3.63, 3.8) is 0 Å². The minimum atomic E-state index is 0.410. The molecule has 1 aliphatic rings. The molecular formula is C15H20N4O. The summed E-state index contributed by atoms with van der Waals surface area (Å²) in [5.74, 6) is 1.93. The largest absolute Gasteiger partial charge is 0.399 e. The molecule has 0 atom stereocenters. The van der Waals surface area contributed by atoms with Crippen LogP contribution in [0.3, 0.4) is 0 Å². The molecule has 1 aliphatic heterocycles.